The highest BCUT2D eigenvalue weighted by molar-refractivity contribution is 6.42. The molecule has 0 aromatic heterocycles. The average molecular weight is 564 g/mol. The van der Waals surface area contributed by atoms with Crippen LogP contribution >= 0.6 is 23.2 Å². The van der Waals surface area contributed by atoms with Crippen LogP contribution in [0, 0.1) is 22.7 Å². The van der Waals surface area contributed by atoms with Crippen molar-refractivity contribution >= 4 is 40.9 Å². The second-order valence-electron chi connectivity index (χ2n) is 11.1. The standard InChI is InChI=1S/C29H36Cl2N2O5/c1-28-13-12-25(38-27(37)33-19-8-9-21(30)22(31)14-19)29(2,17-34)24(28)11-10-23(35)20(28)15-26(36)32-16-18-6-4-3-5-7-18/h3-9,14,20,23-25,34-35H,10-13,15-17H2,1-2H3,(H,32,36)(H,33,37)/t20-,23-,24+,25-,28+,29+/m1/s1. The second-order valence-corrected chi connectivity index (χ2v) is 11.9. The Labute approximate surface area is 233 Å². The average Bonchev–Trinajstić information content (AvgIpc) is 2.89. The summed E-state index contributed by atoms with van der Waals surface area (Å²) in [7, 11) is 0. The smallest absolute Gasteiger partial charge is 0.411 e. The van der Waals surface area contributed by atoms with Crippen LogP contribution in [0.15, 0.2) is 48.5 Å². The number of nitrogens with one attached hydrogen (secondary N) is 2. The molecule has 206 valence electrons. The Bertz CT molecular complexity index is 1150. The zero-order valence-electron chi connectivity index (χ0n) is 21.8. The molecule has 38 heavy (non-hydrogen) atoms. The Balaban J connectivity index is 1.45. The fourth-order valence-electron chi connectivity index (χ4n) is 6.70. The van der Waals surface area contributed by atoms with Gasteiger partial charge in [-0.05, 0) is 66.7 Å². The Morgan fingerprint density at radius 2 is 1.79 bits per heavy atom. The number of carbonyl (C=O) groups is 2. The maximum atomic E-state index is 12.9. The van der Waals surface area contributed by atoms with Crippen molar-refractivity contribution in [2.24, 2.45) is 22.7 Å². The maximum absolute atomic E-state index is 12.9. The van der Waals surface area contributed by atoms with Crippen molar-refractivity contribution in [3.8, 4) is 0 Å². The molecule has 6 atom stereocenters. The molecule has 4 rings (SSSR count). The van der Waals surface area contributed by atoms with E-state index in [0.29, 0.717) is 48.0 Å². The molecule has 2 aliphatic rings. The van der Waals surface area contributed by atoms with Crippen molar-refractivity contribution in [2.45, 2.75) is 64.7 Å². The van der Waals surface area contributed by atoms with Crippen LogP contribution in [0.25, 0.3) is 0 Å². The molecule has 4 N–H and O–H groups in total. The molecule has 2 fully saturated rings. The lowest BCUT2D eigenvalue weighted by molar-refractivity contribution is -0.185. The summed E-state index contributed by atoms with van der Waals surface area (Å²) in [6, 6.07) is 14.5. The third-order valence-corrected chi connectivity index (χ3v) is 9.57. The van der Waals surface area contributed by atoms with Gasteiger partial charge >= 0.3 is 6.09 Å². The van der Waals surface area contributed by atoms with E-state index in [4.69, 9.17) is 27.9 Å². The normalized spacial score (nSPS) is 30.7. The number of amides is 2. The van der Waals surface area contributed by atoms with Crippen molar-refractivity contribution in [1.29, 1.82) is 0 Å². The summed E-state index contributed by atoms with van der Waals surface area (Å²) >= 11 is 12.0. The second kappa shape index (κ2) is 11.8. The SMILES string of the molecule is C[C@]1(CO)[C@H]2CC[C@@H](O)[C@@H](CC(=O)NCc3ccccc3)[C@]2(C)CC[C@H]1OC(=O)Nc1ccc(Cl)c(Cl)c1. The maximum Gasteiger partial charge on any atom is 0.411 e. The van der Waals surface area contributed by atoms with E-state index in [0.717, 1.165) is 5.56 Å². The van der Waals surface area contributed by atoms with E-state index < -0.39 is 29.1 Å². The lowest BCUT2D eigenvalue weighted by Gasteiger charge is -2.60. The number of hydrogen-bond donors (Lipinski definition) is 4. The molecule has 2 aliphatic carbocycles. The first-order valence-corrected chi connectivity index (χ1v) is 13.8. The third-order valence-electron chi connectivity index (χ3n) is 8.83. The van der Waals surface area contributed by atoms with Gasteiger partial charge in [-0.1, -0.05) is 67.4 Å². The van der Waals surface area contributed by atoms with Gasteiger partial charge in [-0.15, -0.1) is 0 Å². The van der Waals surface area contributed by atoms with Crippen LogP contribution < -0.4 is 10.6 Å². The van der Waals surface area contributed by atoms with E-state index in [-0.39, 0.29) is 30.8 Å². The number of hydrogen-bond acceptors (Lipinski definition) is 5. The molecule has 2 aromatic rings. The van der Waals surface area contributed by atoms with Crippen LogP contribution in [0.2, 0.25) is 10.0 Å². The van der Waals surface area contributed by atoms with E-state index in [1.807, 2.05) is 37.3 Å². The van der Waals surface area contributed by atoms with E-state index in [1.165, 1.54) is 0 Å². The molecule has 7 nitrogen and oxygen atoms in total. The van der Waals surface area contributed by atoms with Gasteiger partial charge in [-0.25, -0.2) is 4.79 Å². The van der Waals surface area contributed by atoms with Gasteiger partial charge < -0.3 is 20.3 Å². The summed E-state index contributed by atoms with van der Waals surface area (Å²) in [6.45, 7) is 4.30. The van der Waals surface area contributed by atoms with E-state index in [9.17, 15) is 19.8 Å². The number of anilines is 1. The molecule has 0 saturated heterocycles. The zero-order chi connectivity index (χ0) is 27.5. The van der Waals surface area contributed by atoms with E-state index in [1.54, 1.807) is 18.2 Å². The molecule has 0 radical (unpaired) electrons. The number of aliphatic hydroxyl groups is 2. The third kappa shape index (κ3) is 5.96. The van der Waals surface area contributed by atoms with Gasteiger partial charge in [-0.3, -0.25) is 10.1 Å². The summed E-state index contributed by atoms with van der Waals surface area (Å²) in [5, 5.41) is 28.0. The van der Waals surface area contributed by atoms with Gasteiger partial charge in [0, 0.05) is 24.1 Å². The largest absolute Gasteiger partial charge is 0.445 e. The number of ether oxygens (including phenoxy) is 1. The minimum Gasteiger partial charge on any atom is -0.445 e. The minimum atomic E-state index is -0.735. The Hall–Kier alpha value is -2.32. The van der Waals surface area contributed by atoms with Crippen molar-refractivity contribution in [1.82, 2.24) is 5.32 Å². The highest BCUT2D eigenvalue weighted by Crippen LogP contribution is 2.61. The summed E-state index contributed by atoms with van der Waals surface area (Å²) in [5.74, 6) is -0.425. The zero-order valence-corrected chi connectivity index (χ0v) is 23.3. The van der Waals surface area contributed by atoms with Crippen LogP contribution in [-0.2, 0) is 16.1 Å². The quantitative estimate of drug-likeness (QED) is 0.341. The number of fused-ring (bicyclic) bond motifs is 1. The molecule has 2 aromatic carbocycles. The van der Waals surface area contributed by atoms with Crippen LogP contribution in [0.3, 0.4) is 0 Å². The van der Waals surface area contributed by atoms with Gasteiger partial charge in [0.15, 0.2) is 0 Å². The Morgan fingerprint density at radius 1 is 1.05 bits per heavy atom. The topological polar surface area (TPSA) is 108 Å². The van der Waals surface area contributed by atoms with Crippen molar-refractivity contribution in [2.75, 3.05) is 11.9 Å². The Morgan fingerprint density at radius 3 is 2.47 bits per heavy atom. The predicted molar refractivity (Wildman–Crippen MR) is 148 cm³/mol. The highest BCUT2D eigenvalue weighted by atomic mass is 35.5. The number of carbonyl (C=O) groups excluding carboxylic acids is 2. The number of aliphatic hydroxyl groups excluding tert-OH is 2. The van der Waals surface area contributed by atoms with Gasteiger partial charge in [0.2, 0.25) is 5.91 Å². The molecule has 0 spiro atoms. The minimum absolute atomic E-state index is 0.0492. The molecule has 0 aliphatic heterocycles. The predicted octanol–water partition coefficient (Wildman–Crippen LogP) is 5.80. The highest BCUT2D eigenvalue weighted by Gasteiger charge is 2.60. The first kappa shape index (κ1) is 28.7. The van der Waals surface area contributed by atoms with Gasteiger partial charge in [0.1, 0.15) is 6.10 Å². The van der Waals surface area contributed by atoms with Crippen LogP contribution in [0.1, 0.15) is 51.5 Å². The Kier molecular flexibility index (Phi) is 8.92. The fraction of sp³-hybridized carbons (Fsp3) is 0.517. The molecule has 2 amide bonds. The number of rotatable bonds is 7. The van der Waals surface area contributed by atoms with Crippen molar-refractivity contribution < 1.29 is 24.5 Å². The van der Waals surface area contributed by atoms with E-state index in [2.05, 4.69) is 17.6 Å². The first-order chi connectivity index (χ1) is 18.1. The molecule has 2 saturated carbocycles. The molecular formula is C29H36Cl2N2O5. The fourth-order valence-corrected chi connectivity index (χ4v) is 7.00. The summed E-state index contributed by atoms with van der Waals surface area (Å²) in [6.07, 6.45) is 0.781. The summed E-state index contributed by atoms with van der Waals surface area (Å²) in [4.78, 5) is 25.7. The molecule has 0 bridgehead atoms. The van der Waals surface area contributed by atoms with E-state index >= 15 is 0 Å². The van der Waals surface area contributed by atoms with Crippen molar-refractivity contribution in [3.05, 3.63) is 64.1 Å². The number of benzene rings is 2. The van der Waals surface area contributed by atoms with Crippen LogP contribution in [0.4, 0.5) is 10.5 Å². The van der Waals surface area contributed by atoms with Crippen LogP contribution in [-0.4, -0.2) is 41.0 Å². The van der Waals surface area contributed by atoms with Gasteiger partial charge in [0.25, 0.3) is 0 Å². The van der Waals surface area contributed by atoms with Gasteiger partial charge in [-0.2, -0.15) is 0 Å². The number of halogens is 2. The molecule has 0 heterocycles. The first-order valence-electron chi connectivity index (χ1n) is 13.1. The van der Waals surface area contributed by atoms with Crippen molar-refractivity contribution in [3.63, 3.8) is 0 Å². The lowest BCUT2D eigenvalue weighted by Crippen LogP contribution is -2.61. The molecule has 9 heteroatoms. The van der Waals surface area contributed by atoms with Gasteiger partial charge in [0.05, 0.1) is 22.8 Å². The molecule has 0 unspecified atom stereocenters. The monoisotopic (exact) mass is 562 g/mol. The summed E-state index contributed by atoms with van der Waals surface area (Å²) < 4.78 is 5.87. The molecular weight excluding hydrogens is 527 g/mol. The van der Waals surface area contributed by atoms with Crippen LogP contribution in [0.5, 0.6) is 0 Å². The summed E-state index contributed by atoms with van der Waals surface area (Å²) in [5.41, 5.74) is 0.331. The lowest BCUT2D eigenvalue weighted by atomic mass is 9.46.